The molecule has 1 saturated heterocycles. The molecule has 32 heavy (non-hydrogen) atoms. The van der Waals surface area contributed by atoms with E-state index in [2.05, 4.69) is 21.6 Å². The number of thioether (sulfide) groups is 1. The van der Waals surface area contributed by atoms with Crippen molar-refractivity contribution in [2.24, 2.45) is 0 Å². The maximum absolute atomic E-state index is 14.6. The maximum Gasteiger partial charge on any atom is 0.234 e. The Balaban J connectivity index is 1.38. The van der Waals surface area contributed by atoms with Gasteiger partial charge in [0, 0.05) is 30.9 Å². The lowest BCUT2D eigenvalue weighted by Gasteiger charge is -2.29. The van der Waals surface area contributed by atoms with E-state index in [1.807, 2.05) is 41.5 Å². The molecule has 2 heterocycles. The van der Waals surface area contributed by atoms with Crippen LogP contribution in [0.1, 0.15) is 12.5 Å². The first-order valence-electron chi connectivity index (χ1n) is 10.6. The van der Waals surface area contributed by atoms with E-state index < -0.39 is 0 Å². The highest BCUT2D eigenvalue weighted by molar-refractivity contribution is 7.99. The van der Waals surface area contributed by atoms with Gasteiger partial charge in [-0.2, -0.15) is 0 Å². The number of hydrogen-bond acceptors (Lipinski definition) is 6. The first kappa shape index (κ1) is 22.3. The third-order valence-corrected chi connectivity index (χ3v) is 6.19. The van der Waals surface area contributed by atoms with Crippen LogP contribution in [0, 0.1) is 12.7 Å². The van der Waals surface area contributed by atoms with Crippen LogP contribution in [0.25, 0.3) is 11.4 Å². The van der Waals surface area contributed by atoms with Gasteiger partial charge in [0.1, 0.15) is 5.82 Å². The van der Waals surface area contributed by atoms with Gasteiger partial charge < -0.3 is 19.5 Å². The number of carbonyl (C=O) groups is 1. The van der Waals surface area contributed by atoms with Gasteiger partial charge in [-0.3, -0.25) is 4.79 Å². The van der Waals surface area contributed by atoms with Gasteiger partial charge in [-0.15, -0.1) is 10.2 Å². The molecule has 9 heteroatoms. The number of aromatic nitrogens is 3. The fourth-order valence-corrected chi connectivity index (χ4v) is 4.45. The van der Waals surface area contributed by atoms with Crippen molar-refractivity contribution in [2.45, 2.75) is 25.5 Å². The fourth-order valence-electron chi connectivity index (χ4n) is 3.65. The Labute approximate surface area is 191 Å². The van der Waals surface area contributed by atoms with Crippen LogP contribution in [0.4, 0.5) is 15.8 Å². The number of nitrogens with one attached hydrogen (secondary N) is 1. The average Bonchev–Trinajstić information content (AvgIpc) is 3.21. The standard InChI is InChI=1S/C23H26FN5O2S/c1-3-29-22(17-6-4-5-16(2)13-17)26-27-23(29)32-15-21(30)25-18-7-8-20(19(24)14-18)28-9-11-31-12-10-28/h4-8,13-14H,3,9-12,15H2,1-2H3,(H,25,30). The first-order chi connectivity index (χ1) is 15.5. The molecule has 0 aliphatic carbocycles. The number of aryl methyl sites for hydroxylation is 1. The third-order valence-electron chi connectivity index (χ3n) is 5.22. The Morgan fingerprint density at radius 1 is 1.19 bits per heavy atom. The molecule has 0 atom stereocenters. The number of halogens is 1. The molecule has 1 aliphatic heterocycles. The van der Waals surface area contributed by atoms with Crippen molar-refractivity contribution in [3.05, 3.63) is 53.8 Å². The zero-order valence-electron chi connectivity index (χ0n) is 18.2. The second-order valence-corrected chi connectivity index (χ2v) is 8.46. The minimum absolute atomic E-state index is 0.152. The Morgan fingerprint density at radius 3 is 2.72 bits per heavy atom. The molecule has 0 unspecified atom stereocenters. The maximum atomic E-state index is 14.6. The number of anilines is 2. The molecule has 7 nitrogen and oxygen atoms in total. The monoisotopic (exact) mass is 455 g/mol. The Hall–Kier alpha value is -2.91. The van der Waals surface area contributed by atoms with Crippen molar-refractivity contribution >= 4 is 29.0 Å². The van der Waals surface area contributed by atoms with Crippen LogP contribution in [0.3, 0.4) is 0 Å². The van der Waals surface area contributed by atoms with Gasteiger partial charge >= 0.3 is 0 Å². The molecule has 1 amide bonds. The molecule has 0 radical (unpaired) electrons. The molecule has 4 rings (SSSR count). The normalized spacial score (nSPS) is 13.9. The van der Waals surface area contributed by atoms with Gasteiger partial charge in [0.15, 0.2) is 11.0 Å². The number of nitrogens with zero attached hydrogens (tertiary/aromatic N) is 4. The van der Waals surface area contributed by atoms with E-state index in [0.29, 0.717) is 49.4 Å². The fraction of sp³-hybridized carbons (Fsp3) is 0.348. The third kappa shape index (κ3) is 5.11. The highest BCUT2D eigenvalue weighted by atomic mass is 32.2. The van der Waals surface area contributed by atoms with Crippen molar-refractivity contribution in [1.29, 1.82) is 0 Å². The van der Waals surface area contributed by atoms with Crippen molar-refractivity contribution < 1.29 is 13.9 Å². The Morgan fingerprint density at radius 2 is 2.00 bits per heavy atom. The SMILES string of the molecule is CCn1c(SCC(=O)Nc2ccc(N3CCOCC3)c(F)c2)nnc1-c1cccc(C)c1. The van der Waals surface area contributed by atoms with Crippen LogP contribution >= 0.6 is 11.8 Å². The van der Waals surface area contributed by atoms with Gasteiger partial charge in [-0.05, 0) is 38.1 Å². The summed E-state index contributed by atoms with van der Waals surface area (Å²) < 4.78 is 21.9. The van der Waals surface area contributed by atoms with E-state index in [1.165, 1.54) is 17.8 Å². The van der Waals surface area contributed by atoms with Crippen molar-refractivity contribution in [3.63, 3.8) is 0 Å². The van der Waals surface area contributed by atoms with E-state index >= 15 is 0 Å². The summed E-state index contributed by atoms with van der Waals surface area (Å²) in [6.45, 7) is 7.22. The van der Waals surface area contributed by atoms with Crippen LogP contribution in [-0.2, 0) is 16.1 Å². The molecule has 1 aliphatic rings. The van der Waals surface area contributed by atoms with Crippen LogP contribution in [-0.4, -0.2) is 52.7 Å². The van der Waals surface area contributed by atoms with E-state index in [0.717, 1.165) is 17.0 Å². The highest BCUT2D eigenvalue weighted by Crippen LogP contribution is 2.26. The van der Waals surface area contributed by atoms with Crippen molar-refractivity contribution in [2.75, 3.05) is 42.3 Å². The van der Waals surface area contributed by atoms with Crippen LogP contribution in [0.2, 0.25) is 0 Å². The van der Waals surface area contributed by atoms with Gasteiger partial charge in [0.2, 0.25) is 5.91 Å². The summed E-state index contributed by atoms with van der Waals surface area (Å²) in [5.41, 5.74) is 3.10. The summed E-state index contributed by atoms with van der Waals surface area (Å²) in [4.78, 5) is 14.4. The molecule has 1 fully saturated rings. The molecule has 0 saturated carbocycles. The minimum atomic E-state index is -0.356. The number of hydrogen-bond donors (Lipinski definition) is 1. The largest absolute Gasteiger partial charge is 0.378 e. The van der Waals surface area contributed by atoms with Gasteiger partial charge in [-0.1, -0.05) is 35.5 Å². The number of ether oxygens (including phenoxy) is 1. The topological polar surface area (TPSA) is 72.3 Å². The van der Waals surface area contributed by atoms with Gasteiger partial charge in [-0.25, -0.2) is 4.39 Å². The first-order valence-corrected chi connectivity index (χ1v) is 11.6. The summed E-state index contributed by atoms with van der Waals surface area (Å²) >= 11 is 1.31. The predicted molar refractivity (Wildman–Crippen MR) is 125 cm³/mol. The Kier molecular flexibility index (Phi) is 7.06. The van der Waals surface area contributed by atoms with E-state index in [9.17, 15) is 9.18 Å². The molecule has 0 spiro atoms. The molecule has 1 aromatic heterocycles. The van der Waals surface area contributed by atoms with E-state index in [1.54, 1.807) is 12.1 Å². The van der Waals surface area contributed by atoms with Crippen LogP contribution in [0.5, 0.6) is 0 Å². The Bertz CT molecular complexity index is 1100. The summed E-state index contributed by atoms with van der Waals surface area (Å²) in [6.07, 6.45) is 0. The van der Waals surface area contributed by atoms with Crippen molar-refractivity contribution in [1.82, 2.24) is 14.8 Å². The second kappa shape index (κ2) is 10.1. The lowest BCUT2D eigenvalue weighted by Crippen LogP contribution is -2.36. The van der Waals surface area contributed by atoms with Gasteiger partial charge in [0.05, 0.1) is 24.7 Å². The smallest absolute Gasteiger partial charge is 0.234 e. The molecule has 3 aromatic rings. The predicted octanol–water partition coefficient (Wildman–Crippen LogP) is 3.98. The number of rotatable bonds is 7. The summed E-state index contributed by atoms with van der Waals surface area (Å²) in [6, 6.07) is 12.9. The second-order valence-electron chi connectivity index (χ2n) is 7.52. The lowest BCUT2D eigenvalue weighted by molar-refractivity contribution is -0.113. The molecular weight excluding hydrogens is 429 g/mol. The summed E-state index contributed by atoms with van der Waals surface area (Å²) in [5.74, 6) is 0.348. The molecule has 0 bridgehead atoms. The van der Waals surface area contributed by atoms with Crippen LogP contribution < -0.4 is 10.2 Å². The molecular formula is C23H26FN5O2S. The molecule has 2 aromatic carbocycles. The zero-order valence-corrected chi connectivity index (χ0v) is 19.0. The molecule has 1 N–H and O–H groups in total. The highest BCUT2D eigenvalue weighted by Gasteiger charge is 2.17. The lowest BCUT2D eigenvalue weighted by atomic mass is 10.1. The zero-order chi connectivity index (χ0) is 22.5. The summed E-state index contributed by atoms with van der Waals surface area (Å²) in [7, 11) is 0. The number of morpholine rings is 1. The number of amides is 1. The van der Waals surface area contributed by atoms with E-state index in [-0.39, 0.29) is 17.5 Å². The minimum Gasteiger partial charge on any atom is -0.378 e. The number of carbonyl (C=O) groups excluding carboxylic acids is 1. The average molecular weight is 456 g/mol. The van der Waals surface area contributed by atoms with Crippen LogP contribution in [0.15, 0.2) is 47.6 Å². The van der Waals surface area contributed by atoms with E-state index in [4.69, 9.17) is 4.74 Å². The number of benzene rings is 2. The molecule has 168 valence electrons. The summed E-state index contributed by atoms with van der Waals surface area (Å²) in [5, 5.41) is 12.0. The van der Waals surface area contributed by atoms with Crippen molar-refractivity contribution in [3.8, 4) is 11.4 Å². The quantitative estimate of drug-likeness (QED) is 0.544. The van der Waals surface area contributed by atoms with Gasteiger partial charge in [0.25, 0.3) is 0 Å².